The molecule has 0 radical (unpaired) electrons. The van der Waals surface area contributed by atoms with Crippen LogP contribution in [0.4, 0.5) is 0 Å². The average Bonchev–Trinajstić information content (AvgIpc) is 2.90. The van der Waals surface area contributed by atoms with Gasteiger partial charge in [-0.3, -0.25) is 19.4 Å². The first kappa shape index (κ1) is 27.1. The van der Waals surface area contributed by atoms with Crippen LogP contribution in [0.1, 0.15) is 6.42 Å². The van der Waals surface area contributed by atoms with Crippen molar-refractivity contribution in [2.45, 2.75) is 23.9 Å². The Balaban J connectivity index is 1.56. The summed E-state index contributed by atoms with van der Waals surface area (Å²) in [5.74, 6) is -0.209. The number of likely N-dealkylation sites (N-methyl/N-ethyl adjacent to an activating group) is 1. The van der Waals surface area contributed by atoms with Crippen LogP contribution in [-0.2, 0) is 21.4 Å². The second-order valence-corrected chi connectivity index (χ2v) is 10.7. The smallest absolute Gasteiger partial charge is 0.328 e. The van der Waals surface area contributed by atoms with Crippen molar-refractivity contribution in [1.82, 2.24) is 19.3 Å². The van der Waals surface area contributed by atoms with Crippen molar-refractivity contribution in [3.8, 4) is 11.5 Å². The minimum atomic E-state index is -4.24. The van der Waals surface area contributed by atoms with Gasteiger partial charge in [0.25, 0.3) is 11.5 Å². The highest BCUT2D eigenvalue weighted by atomic mass is 35.5. The van der Waals surface area contributed by atoms with E-state index in [0.717, 1.165) is 8.87 Å². The maximum atomic E-state index is 13.3. The zero-order valence-electron chi connectivity index (χ0n) is 20.0. The zero-order chi connectivity index (χ0) is 27.4. The van der Waals surface area contributed by atoms with Crippen LogP contribution in [0.3, 0.4) is 0 Å². The van der Waals surface area contributed by atoms with Gasteiger partial charge in [-0.1, -0.05) is 29.8 Å². The number of nitrogens with one attached hydrogen (secondary N) is 2. The molecule has 11 nitrogen and oxygen atoms in total. The summed E-state index contributed by atoms with van der Waals surface area (Å²) >= 11 is 5.95. The number of hydroxylamine groups is 1. The fourth-order valence-electron chi connectivity index (χ4n) is 3.89. The molecule has 1 atom stereocenters. The van der Waals surface area contributed by atoms with Crippen LogP contribution in [0.2, 0.25) is 5.02 Å². The fourth-order valence-corrected chi connectivity index (χ4v) is 5.41. The molecule has 4 rings (SSSR count). The molecule has 0 spiro atoms. The first-order valence-electron chi connectivity index (χ1n) is 11.3. The summed E-state index contributed by atoms with van der Waals surface area (Å²) in [6.45, 7) is -0.288. The van der Waals surface area contributed by atoms with E-state index in [-0.39, 0.29) is 23.2 Å². The molecule has 0 aliphatic carbocycles. The van der Waals surface area contributed by atoms with Crippen molar-refractivity contribution in [2.24, 2.45) is 0 Å². The minimum absolute atomic E-state index is 0.144. The summed E-state index contributed by atoms with van der Waals surface area (Å²) < 4.78 is 33.9. The van der Waals surface area contributed by atoms with Crippen molar-refractivity contribution in [2.75, 3.05) is 7.05 Å². The maximum Gasteiger partial charge on any atom is 0.328 e. The number of hydrogen-bond donors (Lipinski definition) is 3. The number of rotatable bonds is 9. The number of carbonyl (C=O) groups is 1. The van der Waals surface area contributed by atoms with Crippen LogP contribution in [0, 0.1) is 0 Å². The van der Waals surface area contributed by atoms with E-state index in [9.17, 15) is 28.0 Å². The number of nitrogens with zero attached hydrogens (tertiary/aromatic N) is 2. The lowest BCUT2D eigenvalue weighted by Gasteiger charge is -2.26. The normalized spacial score (nSPS) is 12.4. The molecule has 4 aromatic rings. The number of aromatic amines is 1. The number of para-hydroxylation sites is 1. The van der Waals surface area contributed by atoms with Crippen LogP contribution in [0.15, 0.2) is 87.3 Å². The van der Waals surface area contributed by atoms with Crippen molar-refractivity contribution in [1.29, 1.82) is 0 Å². The lowest BCUT2D eigenvalue weighted by Crippen LogP contribution is -2.48. The lowest BCUT2D eigenvalue weighted by molar-refractivity contribution is -0.133. The Morgan fingerprint density at radius 3 is 2.47 bits per heavy atom. The van der Waals surface area contributed by atoms with Gasteiger partial charge in [0, 0.05) is 18.6 Å². The van der Waals surface area contributed by atoms with Crippen LogP contribution in [-0.4, -0.2) is 46.5 Å². The SMILES string of the molecule is CN(C(CCn1c(=O)[nH]c2ccccc2c1=O)C(=O)NO)S(=O)(=O)c1ccc(Oc2cccc(Cl)c2)cc1. The summed E-state index contributed by atoms with van der Waals surface area (Å²) in [5.41, 5.74) is 0.509. The van der Waals surface area contributed by atoms with E-state index in [0.29, 0.717) is 22.0 Å². The Kier molecular flexibility index (Phi) is 7.97. The number of benzene rings is 3. The largest absolute Gasteiger partial charge is 0.457 e. The summed E-state index contributed by atoms with van der Waals surface area (Å²) in [6.07, 6.45) is -0.278. The summed E-state index contributed by atoms with van der Waals surface area (Å²) in [7, 11) is -3.07. The van der Waals surface area contributed by atoms with Gasteiger partial charge in [0.15, 0.2) is 0 Å². The van der Waals surface area contributed by atoms with Crippen LogP contribution >= 0.6 is 11.6 Å². The van der Waals surface area contributed by atoms with Crippen LogP contribution in [0.5, 0.6) is 11.5 Å². The Hall–Kier alpha value is -3.97. The molecular formula is C25H23ClN4O7S. The van der Waals surface area contributed by atoms with E-state index in [1.54, 1.807) is 48.5 Å². The molecule has 3 aromatic carbocycles. The standard InChI is InChI=1S/C25H23ClN4O7S/c1-29(38(35,36)19-11-9-17(10-12-19)37-18-6-4-5-16(26)15-18)22(23(31)28-34)13-14-30-24(32)20-7-2-3-8-21(20)27-25(30)33/h2-12,15,22,34H,13-14H2,1H3,(H,27,33)(H,28,31). The molecule has 198 valence electrons. The Labute approximate surface area is 221 Å². The Morgan fingerprint density at radius 2 is 1.79 bits per heavy atom. The second-order valence-electron chi connectivity index (χ2n) is 8.27. The molecule has 1 unspecified atom stereocenters. The third-order valence-corrected chi connectivity index (χ3v) is 8.02. The molecule has 38 heavy (non-hydrogen) atoms. The van der Waals surface area contributed by atoms with Gasteiger partial charge in [0.05, 0.1) is 15.8 Å². The number of H-pyrrole nitrogens is 1. The van der Waals surface area contributed by atoms with Gasteiger partial charge in [-0.05, 0) is 61.0 Å². The predicted molar refractivity (Wildman–Crippen MR) is 140 cm³/mol. The number of hydrogen-bond acceptors (Lipinski definition) is 7. The molecule has 3 N–H and O–H groups in total. The van der Waals surface area contributed by atoms with E-state index >= 15 is 0 Å². The molecule has 0 saturated carbocycles. The highest BCUT2D eigenvalue weighted by molar-refractivity contribution is 7.89. The number of amides is 1. The topological polar surface area (TPSA) is 151 Å². The Bertz CT molecular complexity index is 1700. The van der Waals surface area contributed by atoms with Crippen molar-refractivity contribution >= 4 is 38.4 Å². The predicted octanol–water partition coefficient (Wildman–Crippen LogP) is 2.72. The monoisotopic (exact) mass is 558 g/mol. The molecule has 1 aromatic heterocycles. The summed E-state index contributed by atoms with van der Waals surface area (Å²) in [4.78, 5) is 40.2. The molecule has 0 bridgehead atoms. The van der Waals surface area contributed by atoms with Crippen molar-refractivity contribution in [3.63, 3.8) is 0 Å². The van der Waals surface area contributed by atoms with Gasteiger partial charge in [-0.15, -0.1) is 0 Å². The highest BCUT2D eigenvalue weighted by Crippen LogP contribution is 2.26. The molecule has 1 amide bonds. The molecule has 0 fully saturated rings. The van der Waals surface area contributed by atoms with E-state index < -0.39 is 33.2 Å². The van der Waals surface area contributed by atoms with E-state index in [2.05, 4.69) is 4.98 Å². The molecule has 0 aliphatic heterocycles. The first-order chi connectivity index (χ1) is 18.1. The van der Waals surface area contributed by atoms with Gasteiger partial charge in [0.2, 0.25) is 10.0 Å². The third kappa shape index (κ3) is 5.63. The quantitative estimate of drug-likeness (QED) is 0.211. The summed E-state index contributed by atoms with van der Waals surface area (Å²) in [5, 5.41) is 9.99. The number of halogens is 1. The van der Waals surface area contributed by atoms with Gasteiger partial charge >= 0.3 is 5.69 Å². The van der Waals surface area contributed by atoms with Crippen LogP contribution in [0.25, 0.3) is 10.9 Å². The maximum absolute atomic E-state index is 13.3. The molecular weight excluding hydrogens is 536 g/mol. The van der Waals surface area contributed by atoms with Gasteiger partial charge < -0.3 is 9.72 Å². The van der Waals surface area contributed by atoms with E-state index in [1.807, 2.05) is 0 Å². The number of aromatic nitrogens is 2. The number of sulfonamides is 1. The van der Waals surface area contributed by atoms with Gasteiger partial charge in [-0.2, -0.15) is 4.31 Å². The minimum Gasteiger partial charge on any atom is -0.457 e. The number of carbonyl (C=O) groups excluding carboxylic acids is 1. The summed E-state index contributed by atoms with van der Waals surface area (Å²) in [6, 6.07) is 17.2. The average molecular weight is 559 g/mol. The third-order valence-electron chi connectivity index (χ3n) is 5.90. The molecule has 1 heterocycles. The van der Waals surface area contributed by atoms with Gasteiger partial charge in [0.1, 0.15) is 17.5 Å². The van der Waals surface area contributed by atoms with Crippen LogP contribution < -0.4 is 21.5 Å². The fraction of sp³-hybridized carbons (Fsp3) is 0.160. The molecule has 0 saturated heterocycles. The van der Waals surface area contributed by atoms with Crippen molar-refractivity contribution in [3.05, 3.63) is 98.7 Å². The molecule has 0 aliphatic rings. The van der Waals surface area contributed by atoms with E-state index in [1.165, 1.54) is 36.8 Å². The van der Waals surface area contributed by atoms with Crippen molar-refractivity contribution < 1.29 is 23.2 Å². The first-order valence-corrected chi connectivity index (χ1v) is 13.1. The van der Waals surface area contributed by atoms with E-state index in [4.69, 9.17) is 16.3 Å². The number of fused-ring (bicyclic) bond motifs is 1. The highest BCUT2D eigenvalue weighted by Gasteiger charge is 2.33. The lowest BCUT2D eigenvalue weighted by atomic mass is 10.2. The number of ether oxygens (including phenoxy) is 1. The van der Waals surface area contributed by atoms with Gasteiger partial charge in [-0.25, -0.2) is 18.7 Å². The molecule has 13 heteroatoms. The second kappa shape index (κ2) is 11.2. The Morgan fingerprint density at radius 1 is 1.08 bits per heavy atom. The zero-order valence-corrected chi connectivity index (χ0v) is 21.6.